The van der Waals surface area contributed by atoms with E-state index in [1.54, 1.807) is 6.20 Å². The molecule has 1 saturated carbocycles. The number of imidazole rings is 1. The van der Waals surface area contributed by atoms with E-state index in [4.69, 9.17) is 21.4 Å². The smallest absolute Gasteiger partial charge is 0.165 e. The number of anilines is 1. The monoisotopic (exact) mass is 501 g/mol. The number of piperidine rings is 1. The second kappa shape index (κ2) is 9.35. The van der Waals surface area contributed by atoms with Gasteiger partial charge >= 0.3 is 0 Å². The molecule has 1 aliphatic heterocycles. The van der Waals surface area contributed by atoms with Crippen LogP contribution in [0.2, 0.25) is 0 Å². The maximum absolute atomic E-state index is 6.43. The lowest BCUT2D eigenvalue weighted by atomic mass is 9.93. The Hall–Kier alpha value is -4.07. The third kappa shape index (κ3) is 4.04. The molecule has 0 radical (unpaired) electrons. The number of likely N-dealkylation sites (tertiary alicyclic amines) is 1. The molecule has 7 heteroatoms. The van der Waals surface area contributed by atoms with Crippen LogP contribution in [0.5, 0.6) is 0 Å². The second-order valence-corrected chi connectivity index (χ2v) is 10.6. The fourth-order valence-electron chi connectivity index (χ4n) is 6.26. The van der Waals surface area contributed by atoms with Gasteiger partial charge in [0.05, 0.1) is 11.3 Å². The molecule has 4 N–H and O–H groups in total. The van der Waals surface area contributed by atoms with Crippen molar-refractivity contribution in [2.24, 2.45) is 17.6 Å². The molecule has 190 valence electrons. The molecule has 1 aliphatic carbocycles. The Bertz CT molecular complexity index is 1580. The number of benzene rings is 2. The van der Waals surface area contributed by atoms with Crippen LogP contribution in [0.15, 0.2) is 85.1 Å². The molecule has 5 aromatic rings. The molecule has 2 atom stereocenters. The molecule has 2 aliphatic rings. The molecule has 2 aromatic carbocycles. The van der Waals surface area contributed by atoms with E-state index in [1.807, 2.05) is 42.5 Å². The van der Waals surface area contributed by atoms with Crippen molar-refractivity contribution in [3.8, 4) is 28.3 Å². The second-order valence-electron chi connectivity index (χ2n) is 10.6. The summed E-state index contributed by atoms with van der Waals surface area (Å²) in [6.45, 7) is 3.15. The zero-order valence-electron chi connectivity index (χ0n) is 21.2. The van der Waals surface area contributed by atoms with Crippen LogP contribution in [0, 0.1) is 11.8 Å². The summed E-state index contributed by atoms with van der Waals surface area (Å²) in [4.78, 5) is 16.9. The maximum Gasteiger partial charge on any atom is 0.165 e. The van der Waals surface area contributed by atoms with Gasteiger partial charge in [0.2, 0.25) is 0 Å². The normalized spacial score (nSPS) is 21.2. The number of pyridine rings is 2. The fourth-order valence-corrected chi connectivity index (χ4v) is 6.26. The van der Waals surface area contributed by atoms with Crippen LogP contribution >= 0.6 is 0 Å². The number of nitrogens with two attached hydrogens (primary N) is 2. The molecule has 1 saturated heterocycles. The van der Waals surface area contributed by atoms with E-state index in [2.05, 4.69) is 50.8 Å². The van der Waals surface area contributed by atoms with Gasteiger partial charge in [-0.2, -0.15) is 0 Å². The van der Waals surface area contributed by atoms with Gasteiger partial charge in [-0.05, 0) is 66.6 Å². The van der Waals surface area contributed by atoms with Crippen molar-refractivity contribution in [2.75, 3.05) is 18.8 Å². The number of nitrogen functional groups attached to an aromatic ring is 1. The minimum Gasteiger partial charge on any atom is -0.383 e. The highest BCUT2D eigenvalue weighted by Gasteiger charge is 2.39. The molecule has 3 aromatic heterocycles. The van der Waals surface area contributed by atoms with E-state index in [0.29, 0.717) is 23.7 Å². The van der Waals surface area contributed by atoms with Crippen molar-refractivity contribution in [1.82, 2.24) is 24.4 Å². The van der Waals surface area contributed by atoms with Crippen LogP contribution in [-0.4, -0.2) is 43.6 Å². The van der Waals surface area contributed by atoms with Crippen molar-refractivity contribution < 1.29 is 0 Å². The highest BCUT2D eigenvalue weighted by Crippen LogP contribution is 2.36. The molecular formula is C31H31N7. The Balaban J connectivity index is 1.28. The zero-order valence-corrected chi connectivity index (χ0v) is 21.2. The summed E-state index contributed by atoms with van der Waals surface area (Å²) >= 11 is 0. The number of fused-ring (bicyclic) bond motifs is 3. The maximum atomic E-state index is 6.43. The highest BCUT2D eigenvalue weighted by molar-refractivity contribution is 5.84. The molecule has 4 heterocycles. The van der Waals surface area contributed by atoms with Crippen LogP contribution in [0.3, 0.4) is 0 Å². The van der Waals surface area contributed by atoms with Gasteiger partial charge in [-0.25, -0.2) is 15.0 Å². The molecular weight excluding hydrogens is 470 g/mol. The average Bonchev–Trinajstić information content (AvgIpc) is 3.41. The predicted molar refractivity (Wildman–Crippen MR) is 151 cm³/mol. The van der Waals surface area contributed by atoms with E-state index in [9.17, 15) is 0 Å². The van der Waals surface area contributed by atoms with Gasteiger partial charge in [-0.3, -0.25) is 9.47 Å². The number of nitrogens with zero attached hydrogens (tertiary/aromatic N) is 5. The minimum absolute atomic E-state index is 0.384. The summed E-state index contributed by atoms with van der Waals surface area (Å²) in [7, 11) is 0. The molecule has 0 spiro atoms. The quantitative estimate of drug-likeness (QED) is 0.355. The number of hydrogen-bond donors (Lipinski definition) is 2. The zero-order chi connectivity index (χ0) is 25.6. The molecule has 7 rings (SSSR count). The Morgan fingerprint density at radius 1 is 0.816 bits per heavy atom. The van der Waals surface area contributed by atoms with Crippen LogP contribution in [-0.2, 0) is 6.54 Å². The number of hydrogen-bond acceptors (Lipinski definition) is 6. The Morgan fingerprint density at radius 2 is 1.58 bits per heavy atom. The van der Waals surface area contributed by atoms with Crippen molar-refractivity contribution in [3.05, 3.63) is 90.6 Å². The fraction of sp³-hybridized carbons (Fsp3) is 0.258. The van der Waals surface area contributed by atoms with Crippen molar-refractivity contribution >= 4 is 17.0 Å². The largest absolute Gasteiger partial charge is 0.383 e. The van der Waals surface area contributed by atoms with Crippen molar-refractivity contribution in [2.45, 2.75) is 25.4 Å². The first kappa shape index (κ1) is 23.1. The molecule has 0 amide bonds. The molecule has 2 unspecified atom stereocenters. The first-order valence-electron chi connectivity index (χ1n) is 13.4. The lowest BCUT2D eigenvalue weighted by molar-refractivity contribution is 0.140. The van der Waals surface area contributed by atoms with Gasteiger partial charge in [-0.1, -0.05) is 42.5 Å². The van der Waals surface area contributed by atoms with E-state index < -0.39 is 0 Å². The summed E-state index contributed by atoms with van der Waals surface area (Å²) in [6, 6.07) is 27.3. The van der Waals surface area contributed by atoms with Gasteiger partial charge in [0, 0.05) is 43.1 Å². The SMILES string of the molecule is Nc1ncccc1-c1nc2ccc(-c3ccccc3)nc2n1-c1ccc(CN2CC3CCC(C2)C3N)cc1. The third-order valence-corrected chi connectivity index (χ3v) is 8.24. The first-order chi connectivity index (χ1) is 18.6. The Morgan fingerprint density at radius 3 is 2.32 bits per heavy atom. The van der Waals surface area contributed by atoms with E-state index in [-0.39, 0.29) is 0 Å². The summed E-state index contributed by atoms with van der Waals surface area (Å²) in [6.07, 6.45) is 4.24. The van der Waals surface area contributed by atoms with E-state index >= 15 is 0 Å². The van der Waals surface area contributed by atoms with Gasteiger partial charge in [0.1, 0.15) is 11.3 Å². The topological polar surface area (TPSA) is 98.9 Å². The van der Waals surface area contributed by atoms with Gasteiger partial charge in [0.15, 0.2) is 11.5 Å². The summed E-state index contributed by atoms with van der Waals surface area (Å²) in [5.41, 5.74) is 19.4. The van der Waals surface area contributed by atoms with E-state index in [1.165, 1.54) is 18.4 Å². The molecule has 7 nitrogen and oxygen atoms in total. The molecule has 2 bridgehead atoms. The van der Waals surface area contributed by atoms with Crippen LogP contribution in [0.25, 0.3) is 39.5 Å². The summed E-state index contributed by atoms with van der Waals surface area (Å²) in [5, 5.41) is 0. The minimum atomic E-state index is 0.384. The predicted octanol–water partition coefficient (Wildman–Crippen LogP) is 4.90. The van der Waals surface area contributed by atoms with Gasteiger partial charge in [-0.15, -0.1) is 0 Å². The number of rotatable bonds is 5. The first-order valence-corrected chi connectivity index (χ1v) is 13.4. The van der Waals surface area contributed by atoms with Crippen LogP contribution in [0.1, 0.15) is 18.4 Å². The average molecular weight is 502 g/mol. The third-order valence-electron chi connectivity index (χ3n) is 8.24. The summed E-state index contributed by atoms with van der Waals surface area (Å²) < 4.78 is 2.10. The van der Waals surface area contributed by atoms with Gasteiger partial charge in [0.25, 0.3) is 0 Å². The van der Waals surface area contributed by atoms with Crippen LogP contribution in [0.4, 0.5) is 5.82 Å². The van der Waals surface area contributed by atoms with Crippen LogP contribution < -0.4 is 11.5 Å². The Labute approximate surface area is 222 Å². The van der Waals surface area contributed by atoms with Gasteiger partial charge < -0.3 is 11.5 Å². The number of aromatic nitrogens is 4. The molecule has 38 heavy (non-hydrogen) atoms. The van der Waals surface area contributed by atoms with Crippen molar-refractivity contribution in [1.29, 1.82) is 0 Å². The molecule has 2 fully saturated rings. The van der Waals surface area contributed by atoms with E-state index in [0.717, 1.165) is 59.1 Å². The lowest BCUT2D eigenvalue weighted by Gasteiger charge is -2.36. The summed E-state index contributed by atoms with van der Waals surface area (Å²) in [5.74, 6) is 2.46. The lowest BCUT2D eigenvalue weighted by Crippen LogP contribution is -2.48. The standard InChI is InChI=1S/C31H31N7/c32-28-22-10-11-23(28)19-37(18-22)17-20-8-12-24(13-9-20)38-30(25-7-4-16-34-29(25)33)36-27-15-14-26(35-31(27)38)21-5-2-1-3-6-21/h1-9,12-16,22-23,28H,10-11,17-19,32H2,(H2,33,34). The Kier molecular flexibility index (Phi) is 5.68. The highest BCUT2D eigenvalue weighted by atomic mass is 15.2. The van der Waals surface area contributed by atoms with Crippen molar-refractivity contribution in [3.63, 3.8) is 0 Å².